The number of nitrogen functional groups attached to an aromatic ring is 1. The molecule has 3 heterocycles. The maximum Gasteiger partial charge on any atom is 0.280 e. The van der Waals surface area contributed by atoms with Crippen LogP contribution in [-0.2, 0) is 19.1 Å². The molecule has 2 aromatic rings. The van der Waals surface area contributed by atoms with Crippen LogP contribution in [0.3, 0.4) is 0 Å². The molecule has 6 N–H and O–H groups in total. The Bertz CT molecular complexity index is 1150. The molecule has 0 spiro atoms. The van der Waals surface area contributed by atoms with Crippen molar-refractivity contribution >= 4 is 35.0 Å². The highest BCUT2D eigenvalue weighted by Crippen LogP contribution is 2.51. The van der Waals surface area contributed by atoms with Crippen LogP contribution in [0, 0.1) is 0 Å². The highest BCUT2D eigenvalue weighted by molar-refractivity contribution is 5.72. The summed E-state index contributed by atoms with van der Waals surface area (Å²) < 4.78 is 6.17. The zero-order valence-corrected chi connectivity index (χ0v) is 16.0. The second-order valence-corrected chi connectivity index (χ2v) is 7.27. The van der Waals surface area contributed by atoms with E-state index in [0.29, 0.717) is 0 Å². The first-order valence-electron chi connectivity index (χ1n) is 8.90. The number of carboxylic acids is 3. The molecule has 1 unspecified atom stereocenters. The summed E-state index contributed by atoms with van der Waals surface area (Å²) in [7, 11) is 0. The van der Waals surface area contributed by atoms with Crippen LogP contribution in [0.2, 0.25) is 0 Å². The quantitative estimate of drug-likeness (QED) is 0.248. The maximum atomic E-state index is 12.0. The van der Waals surface area contributed by atoms with Crippen molar-refractivity contribution in [2.45, 2.75) is 48.9 Å². The predicted molar refractivity (Wildman–Crippen MR) is 91.2 cm³/mol. The van der Waals surface area contributed by atoms with E-state index in [4.69, 9.17) is 10.5 Å². The fourth-order valence-corrected chi connectivity index (χ4v) is 3.86. The van der Waals surface area contributed by atoms with E-state index in [2.05, 4.69) is 15.0 Å². The fourth-order valence-electron chi connectivity index (χ4n) is 3.86. The summed E-state index contributed by atoms with van der Waals surface area (Å²) in [6.45, 7) is 0. The third kappa shape index (κ3) is 3.64. The van der Waals surface area contributed by atoms with Crippen molar-refractivity contribution in [2.75, 3.05) is 5.73 Å². The number of carbonyl (C=O) groups is 3. The Kier molecular flexibility index (Phi) is 5.64. The first-order chi connectivity index (χ1) is 14.8. The Hall–Kier alpha value is -3.60. The summed E-state index contributed by atoms with van der Waals surface area (Å²) in [5, 5.41) is 66.2. The summed E-state index contributed by atoms with van der Waals surface area (Å²) in [5.74, 6) is -6.20. The summed E-state index contributed by atoms with van der Waals surface area (Å²) in [6, 6.07) is 0. The number of nitrogens with two attached hydrogens (primary N) is 1. The van der Waals surface area contributed by atoms with Crippen LogP contribution in [0.1, 0.15) is 25.5 Å². The van der Waals surface area contributed by atoms with Crippen LogP contribution in [-0.4, -0.2) is 76.2 Å². The van der Waals surface area contributed by atoms with Crippen molar-refractivity contribution < 1.29 is 49.8 Å². The number of aromatic nitrogens is 4. The second-order valence-electron chi connectivity index (χ2n) is 7.27. The van der Waals surface area contributed by atoms with E-state index in [0.717, 1.165) is 10.9 Å². The molecule has 16 heteroatoms. The van der Waals surface area contributed by atoms with E-state index in [1.807, 2.05) is 0 Å². The minimum Gasteiger partial charge on any atom is -0.550 e. The van der Waals surface area contributed by atoms with Crippen molar-refractivity contribution in [1.29, 1.82) is 0 Å². The van der Waals surface area contributed by atoms with Crippen LogP contribution < -0.4 is 26.6 Å². The van der Waals surface area contributed by atoms with Crippen molar-refractivity contribution in [2.24, 2.45) is 0 Å². The molecule has 0 amide bonds. The van der Waals surface area contributed by atoms with Gasteiger partial charge in [0.25, 0.3) is 5.56 Å². The van der Waals surface area contributed by atoms with Gasteiger partial charge in [-0.25, -0.2) is 4.98 Å². The van der Waals surface area contributed by atoms with Gasteiger partial charge in [-0.05, 0) is 0 Å². The summed E-state index contributed by atoms with van der Waals surface area (Å²) in [5.41, 5.74) is -2.24. The van der Waals surface area contributed by atoms with Gasteiger partial charge in [0, 0.05) is 37.2 Å². The van der Waals surface area contributed by atoms with Gasteiger partial charge < -0.3 is 55.5 Å². The summed E-state index contributed by atoms with van der Waals surface area (Å²) in [4.78, 5) is 55.3. The molecule has 0 saturated carbocycles. The average molecular weight is 454 g/mol. The molecule has 1 aliphatic rings. The largest absolute Gasteiger partial charge is 0.550 e. The number of aliphatic hydroxyl groups is 3. The number of carboxylic acid groups (broad SMARTS) is 3. The first-order valence-corrected chi connectivity index (χ1v) is 8.90. The zero-order valence-electron chi connectivity index (χ0n) is 16.0. The molecule has 0 bridgehead atoms. The zero-order chi connectivity index (χ0) is 24.0. The molecule has 1 aliphatic heterocycles. The molecule has 16 nitrogen and oxygen atoms in total. The Labute approximate surface area is 176 Å². The number of anilines is 1. The lowest BCUT2D eigenvalue weighted by Gasteiger charge is -2.42. The Balaban J connectivity index is 2.25. The van der Waals surface area contributed by atoms with Gasteiger partial charge in [0.15, 0.2) is 17.4 Å². The molecule has 32 heavy (non-hydrogen) atoms. The molecule has 0 aromatic carbocycles. The summed E-state index contributed by atoms with van der Waals surface area (Å²) in [6.07, 6.45) is -9.65. The number of aromatic amines is 1. The number of aliphatic carboxylic acids is 3. The van der Waals surface area contributed by atoms with Crippen molar-refractivity contribution in [1.82, 2.24) is 19.5 Å². The van der Waals surface area contributed by atoms with Crippen LogP contribution in [0.25, 0.3) is 11.2 Å². The van der Waals surface area contributed by atoms with E-state index in [1.165, 1.54) is 0 Å². The Morgan fingerprint density at radius 2 is 1.78 bits per heavy atom. The minimum absolute atomic E-state index is 0.347. The Morgan fingerprint density at radius 3 is 2.34 bits per heavy atom. The molecule has 174 valence electrons. The third-order valence-corrected chi connectivity index (χ3v) is 5.16. The normalized spacial score (nSPS) is 28.6. The monoisotopic (exact) mass is 454 g/mol. The van der Waals surface area contributed by atoms with Gasteiger partial charge in [0.2, 0.25) is 5.95 Å². The number of hydrogen-bond acceptors (Lipinski definition) is 14. The highest BCUT2D eigenvalue weighted by atomic mass is 16.6. The smallest absolute Gasteiger partial charge is 0.280 e. The first kappa shape index (κ1) is 23.1. The van der Waals surface area contributed by atoms with Gasteiger partial charge >= 0.3 is 0 Å². The van der Waals surface area contributed by atoms with Gasteiger partial charge in [0.1, 0.15) is 17.3 Å². The number of imidazole rings is 1. The van der Waals surface area contributed by atoms with Crippen molar-refractivity contribution in [3.8, 4) is 0 Å². The maximum absolute atomic E-state index is 12.0. The second kappa shape index (κ2) is 7.83. The van der Waals surface area contributed by atoms with Gasteiger partial charge in [-0.1, -0.05) is 0 Å². The van der Waals surface area contributed by atoms with Crippen molar-refractivity contribution in [3.63, 3.8) is 0 Å². The van der Waals surface area contributed by atoms with Crippen LogP contribution in [0.4, 0.5) is 5.95 Å². The predicted octanol–water partition coefficient (Wildman–Crippen LogP) is -7.16. The number of aliphatic hydroxyl groups excluding tert-OH is 1. The number of ether oxygens (including phenoxy) is 1. The van der Waals surface area contributed by atoms with E-state index in [1.54, 1.807) is 0 Å². The van der Waals surface area contributed by atoms with Gasteiger partial charge in [-0.15, -0.1) is 0 Å². The summed E-state index contributed by atoms with van der Waals surface area (Å²) >= 11 is 0. The number of hydrogen-bond donors (Lipinski definition) is 5. The molecular formula is C16H16N5O11-3. The van der Waals surface area contributed by atoms with E-state index >= 15 is 0 Å². The third-order valence-electron chi connectivity index (χ3n) is 5.16. The average Bonchev–Trinajstić information content (AvgIpc) is 3.11. The number of nitrogens with zero attached hydrogens (tertiary/aromatic N) is 3. The number of H-pyrrole nitrogens is 1. The standard InChI is InChI=1S/C16H19N5O11/c17-14-19-11-9(12(29)20-14)18-4-21(11)13-16(31,3-8(27)28)15(30,2-7(25)26)10(32-13)5(22)1-6(23)24/h4-5,10,13,22,30-31H,1-3H2,(H,23,24)(H,25,26)(H,27,28)(H3,17,19,20,29)/p-3/t5?,10-,13-,15-,16+/m1/s1. The molecule has 3 rings (SSSR count). The van der Waals surface area contributed by atoms with Gasteiger partial charge in [0.05, 0.1) is 12.4 Å². The molecule has 2 aromatic heterocycles. The SMILES string of the molecule is Nc1nc2c(ncn2[C@@H]2O[C@H](C(O)CC(=O)[O-])[C@](O)(CC(=O)[O-])[C@]2(O)CC(=O)[O-])c(=O)[nH]1. The Morgan fingerprint density at radius 1 is 1.19 bits per heavy atom. The highest BCUT2D eigenvalue weighted by Gasteiger charge is 2.67. The van der Waals surface area contributed by atoms with Crippen LogP contribution >= 0.6 is 0 Å². The lowest BCUT2D eigenvalue weighted by Crippen LogP contribution is -2.63. The molecule has 0 radical (unpaired) electrons. The van der Waals surface area contributed by atoms with E-state index in [9.17, 15) is 49.8 Å². The molecular weight excluding hydrogens is 438 g/mol. The number of nitrogens with one attached hydrogen (secondary N) is 1. The van der Waals surface area contributed by atoms with Gasteiger partial charge in [-0.2, -0.15) is 4.98 Å². The molecule has 0 aliphatic carbocycles. The lowest BCUT2D eigenvalue weighted by molar-refractivity contribution is -0.321. The number of rotatable bonds is 8. The molecule has 5 atom stereocenters. The molecule has 1 fully saturated rings. The van der Waals surface area contributed by atoms with Crippen LogP contribution in [0.15, 0.2) is 11.1 Å². The minimum atomic E-state index is -3.12. The van der Waals surface area contributed by atoms with E-state index in [-0.39, 0.29) is 11.2 Å². The molecule has 1 saturated heterocycles. The fraction of sp³-hybridized carbons (Fsp3) is 0.500. The van der Waals surface area contributed by atoms with E-state index < -0.39 is 78.3 Å². The topological polar surface area (TPSA) is 280 Å². The van der Waals surface area contributed by atoms with Gasteiger partial charge in [-0.3, -0.25) is 14.3 Å². The lowest BCUT2D eigenvalue weighted by atomic mass is 9.73. The van der Waals surface area contributed by atoms with Crippen LogP contribution in [0.5, 0.6) is 0 Å². The van der Waals surface area contributed by atoms with Crippen molar-refractivity contribution in [3.05, 3.63) is 16.7 Å². The number of carbonyl (C=O) groups excluding carboxylic acids is 3. The number of fused-ring (bicyclic) bond motifs is 1.